The molecule has 1 fully saturated rings. The van der Waals surface area contributed by atoms with E-state index in [9.17, 15) is 5.26 Å². The zero-order valence-corrected chi connectivity index (χ0v) is 19.8. The Morgan fingerprint density at radius 1 is 1.15 bits per heavy atom. The maximum absolute atomic E-state index is 10.0. The fourth-order valence-corrected chi connectivity index (χ4v) is 5.40. The fourth-order valence-electron chi connectivity index (χ4n) is 5.12. The largest absolute Gasteiger partial charge is 0.480 e. The molecule has 1 aromatic heterocycles. The van der Waals surface area contributed by atoms with E-state index in [4.69, 9.17) is 26.6 Å². The monoisotopic (exact) mass is 472 g/mol. The highest BCUT2D eigenvalue weighted by Gasteiger charge is 2.31. The minimum absolute atomic E-state index is 0.0933. The van der Waals surface area contributed by atoms with E-state index in [1.807, 2.05) is 18.2 Å². The Labute approximate surface area is 204 Å². The summed E-state index contributed by atoms with van der Waals surface area (Å²) in [5.41, 5.74) is 3.60. The van der Waals surface area contributed by atoms with Gasteiger partial charge in [-0.2, -0.15) is 15.5 Å². The van der Waals surface area contributed by atoms with Crippen LogP contribution in [0.3, 0.4) is 0 Å². The van der Waals surface area contributed by atoms with Crippen molar-refractivity contribution in [1.82, 2.24) is 10.3 Å². The highest BCUT2D eigenvalue weighted by Crippen LogP contribution is 2.39. The van der Waals surface area contributed by atoms with E-state index in [2.05, 4.69) is 45.5 Å². The molecule has 8 heteroatoms. The number of methoxy groups -OCH3 is 1. The summed E-state index contributed by atoms with van der Waals surface area (Å²) in [4.78, 5) is 9.30. The molecule has 0 saturated carbocycles. The maximum Gasteiger partial charge on any atom is 0.233 e. The van der Waals surface area contributed by atoms with E-state index in [1.54, 1.807) is 7.11 Å². The minimum Gasteiger partial charge on any atom is -0.480 e. The molecule has 7 nitrogen and oxygen atoms in total. The normalized spacial score (nSPS) is 17.7. The first-order chi connectivity index (χ1) is 16.6. The second-order valence-electron chi connectivity index (χ2n) is 8.63. The molecule has 3 heterocycles. The topological polar surface area (TPSA) is 88.2 Å². The van der Waals surface area contributed by atoms with Gasteiger partial charge in [0.05, 0.1) is 24.6 Å². The van der Waals surface area contributed by atoms with Crippen molar-refractivity contribution >= 4 is 33.9 Å². The van der Waals surface area contributed by atoms with Gasteiger partial charge in [0.2, 0.25) is 5.88 Å². The number of anilines is 2. The summed E-state index contributed by atoms with van der Waals surface area (Å²) in [6, 6.07) is 16.8. The van der Waals surface area contributed by atoms with Gasteiger partial charge in [-0.15, -0.1) is 0 Å². The average Bonchev–Trinajstić information content (AvgIpc) is 2.87. The molecule has 0 bridgehead atoms. The van der Waals surface area contributed by atoms with Crippen LogP contribution in [0, 0.1) is 22.7 Å². The number of piperazine rings is 1. The first kappa shape index (κ1) is 22.3. The molecule has 3 aromatic rings. The summed E-state index contributed by atoms with van der Waals surface area (Å²) in [5, 5.41) is 25.4. The highest BCUT2D eigenvalue weighted by atomic mass is 35.5. The van der Waals surface area contributed by atoms with Crippen LogP contribution in [-0.4, -0.2) is 44.3 Å². The van der Waals surface area contributed by atoms with Crippen LogP contribution in [-0.2, 0) is 13.0 Å². The Hall–Kier alpha value is -3.52. The van der Waals surface area contributed by atoms with E-state index in [0.717, 1.165) is 64.5 Å². The number of ether oxygens (including phenoxy) is 1. The zero-order valence-electron chi connectivity index (χ0n) is 19.0. The average molecular weight is 473 g/mol. The van der Waals surface area contributed by atoms with E-state index in [0.29, 0.717) is 31.0 Å². The molecule has 0 amide bonds. The number of nitrogens with zero attached hydrogens (tertiary/aromatic N) is 5. The van der Waals surface area contributed by atoms with Crippen LogP contribution in [0.15, 0.2) is 36.4 Å². The number of nitriles is 2. The van der Waals surface area contributed by atoms with Gasteiger partial charge in [-0.25, -0.2) is 0 Å². The van der Waals surface area contributed by atoms with Gasteiger partial charge >= 0.3 is 0 Å². The third-order valence-corrected chi connectivity index (χ3v) is 7.02. The van der Waals surface area contributed by atoms with Crippen molar-refractivity contribution < 1.29 is 4.74 Å². The summed E-state index contributed by atoms with van der Waals surface area (Å²) in [5.74, 6) is 1.22. The van der Waals surface area contributed by atoms with Crippen molar-refractivity contribution in [3.05, 3.63) is 58.1 Å². The molecular weight excluding hydrogens is 448 g/mol. The summed E-state index contributed by atoms with van der Waals surface area (Å²) < 4.78 is 5.57. The van der Waals surface area contributed by atoms with Crippen molar-refractivity contribution in [2.75, 3.05) is 43.1 Å². The number of hydrogen-bond donors (Lipinski definition) is 1. The van der Waals surface area contributed by atoms with Gasteiger partial charge in [0.1, 0.15) is 17.5 Å². The second kappa shape index (κ2) is 9.38. The number of fused-ring (bicyclic) bond motifs is 2. The molecule has 1 atom stereocenters. The van der Waals surface area contributed by atoms with Crippen LogP contribution in [0.1, 0.15) is 23.1 Å². The number of aromatic nitrogens is 1. The minimum atomic E-state index is 0.0933. The van der Waals surface area contributed by atoms with Gasteiger partial charge < -0.3 is 19.9 Å². The number of halogens is 1. The molecule has 2 aliphatic heterocycles. The quantitative estimate of drug-likeness (QED) is 0.613. The smallest absolute Gasteiger partial charge is 0.233 e. The Bertz CT molecular complexity index is 1320. The van der Waals surface area contributed by atoms with Crippen molar-refractivity contribution in [1.29, 1.82) is 10.5 Å². The molecular formula is C26H25ClN6O. The lowest BCUT2D eigenvalue weighted by Crippen LogP contribution is -2.51. The van der Waals surface area contributed by atoms with Gasteiger partial charge in [-0.05, 0) is 23.9 Å². The van der Waals surface area contributed by atoms with Gasteiger partial charge in [-0.3, -0.25) is 0 Å². The lowest BCUT2D eigenvalue weighted by atomic mass is 9.94. The zero-order chi connectivity index (χ0) is 23.7. The van der Waals surface area contributed by atoms with E-state index < -0.39 is 0 Å². The van der Waals surface area contributed by atoms with Crippen LogP contribution in [0.2, 0.25) is 5.02 Å². The summed E-state index contributed by atoms with van der Waals surface area (Å²) in [7, 11) is 1.56. The molecule has 1 N–H and O–H groups in total. The standard InChI is InChI=1S/C26H25ClN6O/c1-34-26-20(14-29)21-16-32(23-7-3-5-17-4-2-6-22(27)24(17)23)12-9-19(21)25(31-26)33-13-11-30-18(15-33)8-10-28/h2-7,18,30H,8-9,11-13,15-16H2,1H3. The Kier molecular flexibility index (Phi) is 6.15. The van der Waals surface area contributed by atoms with E-state index >= 15 is 0 Å². The van der Waals surface area contributed by atoms with Crippen LogP contribution >= 0.6 is 11.6 Å². The first-order valence-corrected chi connectivity index (χ1v) is 11.8. The summed E-state index contributed by atoms with van der Waals surface area (Å²) >= 11 is 6.61. The molecule has 2 aromatic carbocycles. The second-order valence-corrected chi connectivity index (χ2v) is 9.04. The van der Waals surface area contributed by atoms with Gasteiger partial charge in [0.15, 0.2) is 0 Å². The summed E-state index contributed by atoms with van der Waals surface area (Å²) in [6.45, 7) is 3.63. The first-order valence-electron chi connectivity index (χ1n) is 11.4. The Morgan fingerprint density at radius 2 is 1.97 bits per heavy atom. The number of benzene rings is 2. The van der Waals surface area contributed by atoms with Crippen molar-refractivity contribution in [2.24, 2.45) is 0 Å². The van der Waals surface area contributed by atoms with E-state index in [1.165, 1.54) is 0 Å². The van der Waals surface area contributed by atoms with E-state index in [-0.39, 0.29) is 6.04 Å². The predicted octanol–water partition coefficient (Wildman–Crippen LogP) is 4.02. The van der Waals surface area contributed by atoms with Gasteiger partial charge in [-0.1, -0.05) is 35.9 Å². The molecule has 0 spiro atoms. The number of nitrogens with one attached hydrogen (secondary N) is 1. The van der Waals surface area contributed by atoms with Gasteiger partial charge in [0.25, 0.3) is 0 Å². The predicted molar refractivity (Wildman–Crippen MR) is 133 cm³/mol. The molecule has 1 unspecified atom stereocenters. The summed E-state index contributed by atoms with van der Waals surface area (Å²) in [6.07, 6.45) is 1.20. The van der Waals surface area contributed by atoms with Crippen LogP contribution in [0.25, 0.3) is 10.8 Å². The Balaban J connectivity index is 1.58. The van der Waals surface area contributed by atoms with Crippen molar-refractivity contribution in [2.45, 2.75) is 25.4 Å². The van der Waals surface area contributed by atoms with Crippen molar-refractivity contribution in [3.63, 3.8) is 0 Å². The molecule has 172 valence electrons. The molecule has 0 radical (unpaired) electrons. The van der Waals surface area contributed by atoms with Crippen LogP contribution in [0.5, 0.6) is 5.88 Å². The lowest BCUT2D eigenvalue weighted by Gasteiger charge is -2.38. The third-order valence-electron chi connectivity index (χ3n) is 6.71. The SMILES string of the molecule is COc1nc(N2CCNC(CC#N)C2)c2c(c1C#N)CN(c1cccc3cccc(Cl)c13)CC2. The fraction of sp³-hybridized carbons (Fsp3) is 0.346. The highest BCUT2D eigenvalue weighted by molar-refractivity contribution is 6.36. The number of hydrogen-bond acceptors (Lipinski definition) is 7. The molecule has 34 heavy (non-hydrogen) atoms. The maximum atomic E-state index is 10.0. The molecule has 2 aliphatic rings. The number of rotatable bonds is 4. The molecule has 5 rings (SSSR count). The van der Waals surface area contributed by atoms with Crippen LogP contribution < -0.4 is 19.9 Å². The molecule has 0 aliphatic carbocycles. The Morgan fingerprint density at radius 3 is 2.74 bits per heavy atom. The molecule has 1 saturated heterocycles. The lowest BCUT2D eigenvalue weighted by molar-refractivity contribution is 0.393. The third kappa shape index (κ3) is 3.88. The van der Waals surface area contributed by atoms with Crippen LogP contribution in [0.4, 0.5) is 11.5 Å². The van der Waals surface area contributed by atoms with Crippen molar-refractivity contribution in [3.8, 4) is 18.0 Å². The number of pyridine rings is 1. The van der Waals surface area contributed by atoms with Gasteiger partial charge in [0, 0.05) is 61.0 Å².